The normalized spacial score (nSPS) is 10.6. The fourth-order valence-electron chi connectivity index (χ4n) is 2.75. The lowest BCUT2D eigenvalue weighted by atomic mass is 10.2. The van der Waals surface area contributed by atoms with Crippen molar-refractivity contribution in [2.24, 2.45) is 0 Å². The van der Waals surface area contributed by atoms with Gasteiger partial charge >= 0.3 is 0 Å². The van der Waals surface area contributed by atoms with Crippen LogP contribution in [0.2, 0.25) is 0 Å². The molecule has 2 heterocycles. The van der Waals surface area contributed by atoms with Crippen LogP contribution in [0.4, 0.5) is 17.3 Å². The van der Waals surface area contributed by atoms with Crippen LogP contribution < -0.4 is 10.6 Å². The van der Waals surface area contributed by atoms with Crippen LogP contribution in [0, 0.1) is 0 Å². The predicted octanol–water partition coefficient (Wildman–Crippen LogP) is 3.74. The standard InChI is InChI=1S/C21H18N6O/c1-2-19(28)24-18-10-8-15(9-11-18)14-27-20-16(13-23-27)12-22-21(26-20)25-17-6-4-3-5-7-17/h2-13H,1,14H2,(H,24,28)(H,22,25,26). The van der Waals surface area contributed by atoms with Gasteiger partial charge in [0.1, 0.15) is 0 Å². The topological polar surface area (TPSA) is 84.7 Å². The molecular weight excluding hydrogens is 352 g/mol. The van der Waals surface area contributed by atoms with Gasteiger partial charge in [-0.3, -0.25) is 4.79 Å². The minimum Gasteiger partial charge on any atom is -0.324 e. The number of hydrogen-bond acceptors (Lipinski definition) is 5. The van der Waals surface area contributed by atoms with Crippen molar-refractivity contribution in [1.82, 2.24) is 19.7 Å². The van der Waals surface area contributed by atoms with Gasteiger partial charge in [-0.15, -0.1) is 0 Å². The largest absolute Gasteiger partial charge is 0.324 e. The Hall–Kier alpha value is -4.00. The van der Waals surface area contributed by atoms with Gasteiger partial charge in [0, 0.05) is 17.6 Å². The van der Waals surface area contributed by atoms with E-state index >= 15 is 0 Å². The number of amides is 1. The number of nitrogens with zero attached hydrogens (tertiary/aromatic N) is 4. The molecule has 1 amide bonds. The van der Waals surface area contributed by atoms with Crippen molar-refractivity contribution >= 4 is 34.3 Å². The van der Waals surface area contributed by atoms with Gasteiger partial charge in [-0.2, -0.15) is 10.1 Å². The molecule has 0 unspecified atom stereocenters. The third-order valence-electron chi connectivity index (χ3n) is 4.15. The van der Waals surface area contributed by atoms with E-state index in [1.165, 1.54) is 6.08 Å². The molecule has 0 fully saturated rings. The summed E-state index contributed by atoms with van der Waals surface area (Å²) in [5.41, 5.74) is 3.43. The van der Waals surface area contributed by atoms with Crippen LogP contribution in [0.15, 0.2) is 79.6 Å². The van der Waals surface area contributed by atoms with Crippen LogP contribution in [0.5, 0.6) is 0 Å². The summed E-state index contributed by atoms with van der Waals surface area (Å²) in [5, 5.41) is 11.2. The monoisotopic (exact) mass is 370 g/mol. The van der Waals surface area contributed by atoms with Crippen LogP contribution in [-0.2, 0) is 11.3 Å². The summed E-state index contributed by atoms with van der Waals surface area (Å²) >= 11 is 0. The molecule has 4 aromatic rings. The van der Waals surface area contributed by atoms with Crippen LogP contribution in [0.3, 0.4) is 0 Å². The van der Waals surface area contributed by atoms with Crippen LogP contribution in [0.25, 0.3) is 11.0 Å². The van der Waals surface area contributed by atoms with Gasteiger partial charge in [0.2, 0.25) is 11.9 Å². The quantitative estimate of drug-likeness (QED) is 0.505. The molecule has 7 nitrogen and oxygen atoms in total. The Morgan fingerprint density at radius 3 is 2.57 bits per heavy atom. The highest BCUT2D eigenvalue weighted by Gasteiger charge is 2.08. The first kappa shape index (κ1) is 17.4. The molecule has 0 aliphatic carbocycles. The summed E-state index contributed by atoms with van der Waals surface area (Å²) < 4.78 is 1.82. The molecule has 0 spiro atoms. The summed E-state index contributed by atoms with van der Waals surface area (Å²) in [4.78, 5) is 20.3. The molecule has 4 rings (SSSR count). The number of para-hydroxylation sites is 1. The lowest BCUT2D eigenvalue weighted by Gasteiger charge is -2.07. The van der Waals surface area contributed by atoms with Gasteiger partial charge in [0.05, 0.1) is 18.1 Å². The number of carbonyl (C=O) groups is 1. The van der Waals surface area contributed by atoms with E-state index in [9.17, 15) is 4.79 Å². The number of hydrogen-bond donors (Lipinski definition) is 2. The fourth-order valence-corrected chi connectivity index (χ4v) is 2.75. The first-order valence-electron chi connectivity index (χ1n) is 8.74. The second-order valence-corrected chi connectivity index (χ2v) is 6.16. The highest BCUT2D eigenvalue weighted by Crippen LogP contribution is 2.18. The van der Waals surface area contributed by atoms with Gasteiger partial charge in [0.25, 0.3) is 0 Å². The highest BCUT2D eigenvalue weighted by atomic mass is 16.1. The van der Waals surface area contributed by atoms with E-state index in [0.29, 0.717) is 12.5 Å². The Morgan fingerprint density at radius 2 is 1.82 bits per heavy atom. The van der Waals surface area contributed by atoms with Crippen LogP contribution in [0.1, 0.15) is 5.56 Å². The van der Waals surface area contributed by atoms with Crippen molar-refractivity contribution in [3.05, 3.63) is 85.2 Å². The number of fused-ring (bicyclic) bond motifs is 1. The third kappa shape index (κ3) is 3.88. The van der Waals surface area contributed by atoms with Crippen LogP contribution in [-0.4, -0.2) is 25.7 Å². The summed E-state index contributed by atoms with van der Waals surface area (Å²) in [6.07, 6.45) is 4.75. The molecule has 0 bridgehead atoms. The number of benzene rings is 2. The lowest BCUT2D eigenvalue weighted by Crippen LogP contribution is -2.07. The Kier molecular flexibility index (Phi) is 4.79. The molecule has 2 aromatic carbocycles. The molecule has 0 saturated carbocycles. The molecule has 0 aliphatic rings. The van der Waals surface area contributed by atoms with E-state index in [2.05, 4.69) is 32.3 Å². The summed E-state index contributed by atoms with van der Waals surface area (Å²) in [6.45, 7) is 4.00. The highest BCUT2D eigenvalue weighted by molar-refractivity contribution is 5.98. The molecule has 2 N–H and O–H groups in total. The number of nitrogens with one attached hydrogen (secondary N) is 2. The van der Waals surface area contributed by atoms with Gasteiger partial charge in [-0.05, 0) is 35.9 Å². The van der Waals surface area contributed by atoms with Crippen molar-refractivity contribution < 1.29 is 4.79 Å². The average molecular weight is 370 g/mol. The van der Waals surface area contributed by atoms with Crippen molar-refractivity contribution in [3.63, 3.8) is 0 Å². The number of carbonyl (C=O) groups excluding carboxylic acids is 1. The Morgan fingerprint density at radius 1 is 1.04 bits per heavy atom. The summed E-state index contributed by atoms with van der Waals surface area (Å²) in [7, 11) is 0. The smallest absolute Gasteiger partial charge is 0.247 e. The maximum Gasteiger partial charge on any atom is 0.247 e. The maximum absolute atomic E-state index is 11.4. The van der Waals surface area contributed by atoms with Gasteiger partial charge in [0.15, 0.2) is 5.65 Å². The van der Waals surface area contributed by atoms with E-state index < -0.39 is 0 Å². The zero-order valence-corrected chi connectivity index (χ0v) is 15.0. The Bertz CT molecular complexity index is 1120. The number of rotatable bonds is 6. The van der Waals surface area contributed by atoms with Crippen molar-refractivity contribution in [2.45, 2.75) is 6.54 Å². The molecule has 0 saturated heterocycles. The molecule has 7 heteroatoms. The second-order valence-electron chi connectivity index (χ2n) is 6.16. The van der Waals surface area contributed by atoms with Crippen molar-refractivity contribution in [1.29, 1.82) is 0 Å². The van der Waals surface area contributed by atoms with Crippen molar-refractivity contribution in [3.8, 4) is 0 Å². The summed E-state index contributed by atoms with van der Waals surface area (Å²) in [5.74, 6) is 0.281. The van der Waals surface area contributed by atoms with E-state index in [1.807, 2.05) is 59.3 Å². The molecule has 0 aliphatic heterocycles. The van der Waals surface area contributed by atoms with Gasteiger partial charge in [-0.1, -0.05) is 36.9 Å². The van der Waals surface area contributed by atoms with Crippen LogP contribution >= 0.6 is 0 Å². The predicted molar refractivity (Wildman–Crippen MR) is 109 cm³/mol. The average Bonchev–Trinajstić information content (AvgIpc) is 3.12. The van der Waals surface area contributed by atoms with E-state index in [0.717, 1.165) is 28.0 Å². The zero-order chi connectivity index (χ0) is 19.3. The lowest BCUT2D eigenvalue weighted by molar-refractivity contribution is -0.111. The van der Waals surface area contributed by atoms with Gasteiger partial charge < -0.3 is 10.6 Å². The Balaban J connectivity index is 1.54. The van der Waals surface area contributed by atoms with Gasteiger partial charge in [-0.25, -0.2) is 9.67 Å². The fraction of sp³-hybridized carbons (Fsp3) is 0.0476. The first-order chi connectivity index (χ1) is 13.7. The molecule has 0 radical (unpaired) electrons. The van der Waals surface area contributed by atoms with E-state index in [4.69, 9.17) is 0 Å². The first-order valence-corrected chi connectivity index (χ1v) is 8.74. The third-order valence-corrected chi connectivity index (χ3v) is 4.15. The van der Waals surface area contributed by atoms with E-state index in [1.54, 1.807) is 12.4 Å². The molecule has 28 heavy (non-hydrogen) atoms. The van der Waals surface area contributed by atoms with Crippen molar-refractivity contribution in [2.75, 3.05) is 10.6 Å². The maximum atomic E-state index is 11.4. The number of anilines is 3. The minimum absolute atomic E-state index is 0.235. The molecular formula is C21H18N6O. The number of aromatic nitrogens is 4. The Labute approximate surface area is 161 Å². The SMILES string of the molecule is C=CC(=O)Nc1ccc(Cn2ncc3cnc(Nc4ccccc4)nc32)cc1. The zero-order valence-electron chi connectivity index (χ0n) is 15.0. The molecule has 0 atom stereocenters. The molecule has 2 aromatic heterocycles. The minimum atomic E-state index is -0.235. The van der Waals surface area contributed by atoms with E-state index in [-0.39, 0.29) is 5.91 Å². The second kappa shape index (κ2) is 7.71. The molecule has 138 valence electrons. The summed E-state index contributed by atoms with van der Waals surface area (Å²) in [6, 6.07) is 17.3.